The summed E-state index contributed by atoms with van der Waals surface area (Å²) in [4.78, 5) is 0. The van der Waals surface area contributed by atoms with Gasteiger partial charge in [-0.25, -0.2) is 0 Å². The van der Waals surface area contributed by atoms with Gasteiger partial charge in [-0.3, -0.25) is 0 Å². The van der Waals surface area contributed by atoms with Crippen molar-refractivity contribution in [3.8, 4) is 0 Å². The Morgan fingerprint density at radius 1 is 0.875 bits per heavy atom. The molecular formula is C28H51NO2Si. The molecule has 0 aliphatic heterocycles. The molecule has 0 aromatic rings. The minimum Gasteiger partial charge on any atom is -0.412 e. The number of nitrogens with zero attached hydrogens (tertiary/aromatic N) is 1. The Labute approximate surface area is 199 Å². The summed E-state index contributed by atoms with van der Waals surface area (Å²) < 4.78 is 7.18. The van der Waals surface area contributed by atoms with Crippen molar-refractivity contribution in [2.45, 2.75) is 130 Å². The number of hydrogen-bond acceptors (Lipinski definition) is 3. The van der Waals surface area contributed by atoms with Crippen LogP contribution < -0.4 is 0 Å². The molecule has 4 aliphatic rings. The van der Waals surface area contributed by atoms with Gasteiger partial charge in [0.25, 0.3) is 0 Å². The maximum atomic E-state index is 9.49. The number of oxime groups is 1. The molecule has 0 aromatic heterocycles. The van der Waals surface area contributed by atoms with Gasteiger partial charge in [0.05, 0.1) is 11.3 Å². The highest BCUT2D eigenvalue weighted by Crippen LogP contribution is 2.68. The molecule has 4 saturated carbocycles. The van der Waals surface area contributed by atoms with Crippen LogP contribution in [0.15, 0.2) is 5.16 Å². The molecule has 0 amide bonds. The third-order valence-corrected chi connectivity index (χ3v) is 16.8. The van der Waals surface area contributed by atoms with Crippen LogP contribution >= 0.6 is 0 Å². The molecule has 4 aliphatic carbocycles. The molecule has 8 atom stereocenters. The van der Waals surface area contributed by atoms with Crippen molar-refractivity contribution in [3.05, 3.63) is 0 Å². The first-order chi connectivity index (χ1) is 15.1. The Hall–Kier alpha value is -0.353. The predicted octanol–water partition coefficient (Wildman–Crippen LogP) is 8.28. The van der Waals surface area contributed by atoms with Gasteiger partial charge in [-0.1, -0.05) is 39.8 Å². The maximum absolute atomic E-state index is 9.49. The van der Waals surface area contributed by atoms with E-state index < -0.39 is 8.32 Å². The van der Waals surface area contributed by atoms with E-state index in [-0.39, 0.29) is 5.60 Å². The first-order valence-electron chi connectivity index (χ1n) is 14.0. The van der Waals surface area contributed by atoms with Crippen molar-refractivity contribution >= 4 is 14.0 Å². The molecule has 4 fully saturated rings. The standard InChI is InChI=1S/C28H51NO2Si/c1-8-32(9-2,10-3)31-26(5)17-18-27(6)21(19-26)11-12-22-24-14-13-23(20(4)29-30)28(24,7)16-15-25(22)27/h21-25,30H,8-19H2,1-7H3/b29-20+/t21?,22-,23+,24-,25-,26+,27-,28+/m0/s1. The maximum Gasteiger partial charge on any atom is 0.192 e. The minimum atomic E-state index is -1.57. The quantitative estimate of drug-likeness (QED) is 0.187. The average molecular weight is 462 g/mol. The van der Waals surface area contributed by atoms with E-state index in [4.69, 9.17) is 4.43 Å². The van der Waals surface area contributed by atoms with Crippen LogP contribution in [0, 0.1) is 40.4 Å². The second kappa shape index (κ2) is 8.70. The van der Waals surface area contributed by atoms with Crippen LogP contribution in [0.3, 0.4) is 0 Å². The fourth-order valence-electron chi connectivity index (χ4n) is 9.75. The second-order valence-electron chi connectivity index (χ2n) is 13.1. The van der Waals surface area contributed by atoms with Gasteiger partial charge in [-0.15, -0.1) is 0 Å². The van der Waals surface area contributed by atoms with Gasteiger partial charge in [-0.2, -0.15) is 0 Å². The molecule has 4 heteroatoms. The minimum absolute atomic E-state index is 0.113. The largest absolute Gasteiger partial charge is 0.412 e. The lowest BCUT2D eigenvalue weighted by atomic mass is 9.44. The molecule has 0 aromatic carbocycles. The first-order valence-corrected chi connectivity index (χ1v) is 16.5. The van der Waals surface area contributed by atoms with Crippen LogP contribution in [0.5, 0.6) is 0 Å². The lowest BCUT2D eigenvalue weighted by Crippen LogP contribution is -2.57. The first kappa shape index (κ1) is 24.8. The molecule has 1 N–H and O–H groups in total. The van der Waals surface area contributed by atoms with Crippen molar-refractivity contribution < 1.29 is 9.63 Å². The van der Waals surface area contributed by atoms with E-state index in [0.717, 1.165) is 29.4 Å². The van der Waals surface area contributed by atoms with Gasteiger partial charge in [0.15, 0.2) is 8.32 Å². The normalized spacial score (nSPS) is 47.0. The van der Waals surface area contributed by atoms with Gasteiger partial charge in [0.2, 0.25) is 0 Å². The van der Waals surface area contributed by atoms with Crippen LogP contribution in [0.25, 0.3) is 0 Å². The number of hydrogen-bond donors (Lipinski definition) is 1. The summed E-state index contributed by atoms with van der Waals surface area (Å²) in [5.41, 5.74) is 1.94. The summed E-state index contributed by atoms with van der Waals surface area (Å²) in [5.74, 6) is 3.92. The van der Waals surface area contributed by atoms with Gasteiger partial charge < -0.3 is 9.63 Å². The molecule has 184 valence electrons. The Morgan fingerprint density at radius 3 is 2.16 bits per heavy atom. The van der Waals surface area contributed by atoms with E-state index in [1.807, 2.05) is 0 Å². The van der Waals surface area contributed by atoms with Crippen molar-refractivity contribution in [3.63, 3.8) is 0 Å². The number of fused-ring (bicyclic) bond motifs is 5. The molecule has 4 rings (SSSR count). The Balaban J connectivity index is 1.52. The van der Waals surface area contributed by atoms with Crippen LogP contribution in [-0.4, -0.2) is 24.8 Å². The van der Waals surface area contributed by atoms with E-state index in [1.165, 1.54) is 75.9 Å². The predicted molar refractivity (Wildman–Crippen MR) is 137 cm³/mol. The highest BCUT2D eigenvalue weighted by molar-refractivity contribution is 6.73. The molecular weight excluding hydrogens is 410 g/mol. The van der Waals surface area contributed by atoms with E-state index in [1.54, 1.807) is 0 Å². The van der Waals surface area contributed by atoms with Gasteiger partial charge in [0, 0.05) is 5.92 Å². The summed E-state index contributed by atoms with van der Waals surface area (Å²) in [6, 6.07) is 3.79. The number of rotatable bonds is 6. The van der Waals surface area contributed by atoms with E-state index in [2.05, 4.69) is 53.6 Å². The fourth-order valence-corrected chi connectivity index (χ4v) is 12.9. The third-order valence-electron chi connectivity index (χ3n) is 12.0. The monoisotopic (exact) mass is 461 g/mol. The molecule has 0 spiro atoms. The zero-order valence-corrected chi connectivity index (χ0v) is 23.2. The molecule has 0 saturated heterocycles. The zero-order chi connectivity index (χ0) is 23.4. The molecule has 0 heterocycles. The second-order valence-corrected chi connectivity index (χ2v) is 17.8. The molecule has 0 bridgehead atoms. The molecule has 0 radical (unpaired) electrons. The van der Waals surface area contributed by atoms with E-state index in [0.29, 0.717) is 16.7 Å². The van der Waals surface area contributed by atoms with Crippen LogP contribution in [0.1, 0.15) is 106 Å². The summed E-state index contributed by atoms with van der Waals surface area (Å²) in [5, 5.41) is 13.2. The van der Waals surface area contributed by atoms with Crippen molar-refractivity contribution in [2.75, 3.05) is 0 Å². The van der Waals surface area contributed by atoms with Crippen molar-refractivity contribution in [1.82, 2.24) is 0 Å². The highest BCUT2D eigenvalue weighted by atomic mass is 28.4. The van der Waals surface area contributed by atoms with Gasteiger partial charge in [-0.05, 0) is 124 Å². The summed E-state index contributed by atoms with van der Waals surface area (Å²) in [6.07, 6.45) is 12.0. The van der Waals surface area contributed by atoms with Crippen LogP contribution in [0.4, 0.5) is 0 Å². The highest BCUT2D eigenvalue weighted by Gasteiger charge is 2.61. The topological polar surface area (TPSA) is 41.8 Å². The van der Waals surface area contributed by atoms with E-state index in [9.17, 15) is 5.21 Å². The lowest BCUT2D eigenvalue weighted by Gasteiger charge is -2.62. The van der Waals surface area contributed by atoms with Gasteiger partial charge >= 0.3 is 0 Å². The Bertz CT molecular complexity index is 712. The summed E-state index contributed by atoms with van der Waals surface area (Å²) >= 11 is 0. The van der Waals surface area contributed by atoms with Crippen LogP contribution in [-0.2, 0) is 4.43 Å². The Morgan fingerprint density at radius 2 is 1.53 bits per heavy atom. The van der Waals surface area contributed by atoms with Crippen molar-refractivity contribution in [1.29, 1.82) is 0 Å². The van der Waals surface area contributed by atoms with Gasteiger partial charge in [0.1, 0.15) is 0 Å². The smallest absolute Gasteiger partial charge is 0.192 e. The van der Waals surface area contributed by atoms with Crippen molar-refractivity contribution in [2.24, 2.45) is 45.6 Å². The van der Waals surface area contributed by atoms with E-state index >= 15 is 0 Å². The molecule has 3 nitrogen and oxygen atoms in total. The Kier molecular flexibility index (Phi) is 6.73. The lowest BCUT2D eigenvalue weighted by molar-refractivity contribution is -0.140. The third kappa shape index (κ3) is 3.74. The average Bonchev–Trinajstić information content (AvgIpc) is 3.15. The molecule has 32 heavy (non-hydrogen) atoms. The summed E-state index contributed by atoms with van der Waals surface area (Å²) in [6.45, 7) is 16.8. The molecule has 1 unspecified atom stereocenters. The zero-order valence-electron chi connectivity index (χ0n) is 22.2. The summed E-state index contributed by atoms with van der Waals surface area (Å²) in [7, 11) is -1.57. The fraction of sp³-hybridized carbons (Fsp3) is 0.964. The SMILES string of the molecule is CC[Si](CC)(CC)O[C@]1(C)CC[C@@]2(C)C(CC[C@H]3[C@@H]4CC[C@H](/C(C)=N/O)[C@@]4(C)CC[C@@H]32)C1. The van der Waals surface area contributed by atoms with Crippen LogP contribution in [0.2, 0.25) is 18.1 Å².